The minimum absolute atomic E-state index is 0.000891. The molecule has 0 saturated carbocycles. The molecule has 19 heavy (non-hydrogen) atoms. The van der Waals surface area contributed by atoms with Crippen LogP contribution in [0, 0.1) is 0 Å². The predicted octanol–water partition coefficient (Wildman–Crippen LogP) is 1.59. The zero-order valence-corrected chi connectivity index (χ0v) is 12.0. The summed E-state index contributed by atoms with van der Waals surface area (Å²) in [5.74, 6) is 0.995. The Balaban J connectivity index is 2.36. The maximum absolute atomic E-state index is 11.6. The summed E-state index contributed by atoms with van der Waals surface area (Å²) in [6, 6.07) is 1.70. The fourth-order valence-electron chi connectivity index (χ4n) is 1.42. The van der Waals surface area contributed by atoms with Gasteiger partial charge in [-0.25, -0.2) is 4.98 Å². The largest absolute Gasteiger partial charge is 0.478 e. The Morgan fingerprint density at radius 1 is 1.42 bits per heavy atom. The minimum Gasteiger partial charge on any atom is -0.478 e. The molecule has 1 amide bonds. The number of rotatable bonds is 6. The molecule has 0 bridgehead atoms. The number of anilines is 1. The molecule has 0 radical (unpaired) electrons. The van der Waals surface area contributed by atoms with Crippen LogP contribution >= 0.6 is 0 Å². The Kier molecular flexibility index (Phi) is 5.54. The van der Waals surface area contributed by atoms with Gasteiger partial charge < -0.3 is 15.4 Å². The maximum atomic E-state index is 11.6. The molecule has 6 heteroatoms. The van der Waals surface area contributed by atoms with Gasteiger partial charge in [-0.1, -0.05) is 0 Å². The molecule has 0 aromatic carbocycles. The third-order valence-electron chi connectivity index (χ3n) is 2.07. The average molecular weight is 266 g/mol. The number of nitrogens with one attached hydrogen (secondary N) is 2. The summed E-state index contributed by atoms with van der Waals surface area (Å²) in [4.78, 5) is 19.8. The van der Waals surface area contributed by atoms with Crippen molar-refractivity contribution in [3.8, 4) is 5.88 Å². The third-order valence-corrected chi connectivity index (χ3v) is 2.07. The molecule has 0 spiro atoms. The number of carbonyl (C=O) groups excluding carboxylic acids is 1. The van der Waals surface area contributed by atoms with Crippen molar-refractivity contribution in [1.29, 1.82) is 0 Å². The van der Waals surface area contributed by atoms with Gasteiger partial charge in [0.15, 0.2) is 0 Å². The molecule has 0 aliphatic carbocycles. The van der Waals surface area contributed by atoms with Gasteiger partial charge in [0.1, 0.15) is 0 Å². The summed E-state index contributed by atoms with van der Waals surface area (Å²) in [6.07, 6.45) is 2.00. The van der Waals surface area contributed by atoms with E-state index in [1.54, 1.807) is 12.3 Å². The predicted molar refractivity (Wildman–Crippen MR) is 74.2 cm³/mol. The molecular weight excluding hydrogens is 244 g/mol. The Bertz CT molecular complexity index is 415. The molecule has 1 aromatic heterocycles. The van der Waals surface area contributed by atoms with Gasteiger partial charge in [0.05, 0.1) is 6.61 Å². The smallest absolute Gasteiger partial charge is 0.225 e. The molecule has 1 rings (SSSR count). The Morgan fingerprint density at radius 3 is 2.79 bits per heavy atom. The monoisotopic (exact) mass is 266 g/mol. The fraction of sp³-hybridized carbons (Fsp3) is 0.615. The first-order valence-electron chi connectivity index (χ1n) is 6.41. The van der Waals surface area contributed by atoms with Gasteiger partial charge in [-0.15, -0.1) is 0 Å². The standard InChI is InChI=1S/C13H22N4O2/c1-5-19-11-7-9-15-12(16-11)14-8-6-10(18)17-13(2,3)4/h7,9H,5-6,8H2,1-4H3,(H,17,18)(H,14,15,16). The summed E-state index contributed by atoms with van der Waals surface area (Å²) in [7, 11) is 0. The molecule has 0 fully saturated rings. The van der Waals surface area contributed by atoms with Crippen molar-refractivity contribution in [3.05, 3.63) is 12.3 Å². The second-order valence-electron chi connectivity index (χ2n) is 5.13. The van der Waals surface area contributed by atoms with E-state index in [4.69, 9.17) is 4.74 Å². The summed E-state index contributed by atoms with van der Waals surface area (Å²) < 4.78 is 5.27. The van der Waals surface area contributed by atoms with Crippen LogP contribution in [-0.2, 0) is 4.79 Å². The van der Waals surface area contributed by atoms with E-state index in [9.17, 15) is 4.79 Å². The van der Waals surface area contributed by atoms with E-state index in [0.717, 1.165) is 0 Å². The number of hydrogen-bond acceptors (Lipinski definition) is 5. The normalized spacial score (nSPS) is 10.9. The topological polar surface area (TPSA) is 76.1 Å². The van der Waals surface area contributed by atoms with Gasteiger partial charge in [-0.3, -0.25) is 4.79 Å². The highest BCUT2D eigenvalue weighted by Gasteiger charge is 2.13. The summed E-state index contributed by atoms with van der Waals surface area (Å²) in [6.45, 7) is 8.79. The molecule has 0 aliphatic heterocycles. The summed E-state index contributed by atoms with van der Waals surface area (Å²) in [5.41, 5.74) is -0.206. The van der Waals surface area contributed by atoms with Crippen molar-refractivity contribution in [2.45, 2.75) is 39.7 Å². The highest BCUT2D eigenvalue weighted by Crippen LogP contribution is 2.08. The van der Waals surface area contributed by atoms with Crippen LogP contribution < -0.4 is 15.4 Å². The third kappa shape index (κ3) is 6.59. The maximum Gasteiger partial charge on any atom is 0.225 e. The van der Waals surface area contributed by atoms with Crippen molar-refractivity contribution in [2.75, 3.05) is 18.5 Å². The van der Waals surface area contributed by atoms with Gasteiger partial charge in [-0.2, -0.15) is 4.98 Å². The first-order chi connectivity index (χ1) is 8.90. The van der Waals surface area contributed by atoms with E-state index in [0.29, 0.717) is 31.4 Å². The molecule has 0 atom stereocenters. The summed E-state index contributed by atoms with van der Waals surface area (Å²) >= 11 is 0. The first kappa shape index (κ1) is 15.2. The lowest BCUT2D eigenvalue weighted by Gasteiger charge is -2.20. The molecule has 1 aromatic rings. The minimum atomic E-state index is -0.206. The Morgan fingerprint density at radius 2 is 2.16 bits per heavy atom. The molecule has 1 heterocycles. The Hall–Kier alpha value is -1.85. The quantitative estimate of drug-likeness (QED) is 0.817. The second-order valence-corrected chi connectivity index (χ2v) is 5.13. The molecule has 106 valence electrons. The van der Waals surface area contributed by atoms with E-state index in [-0.39, 0.29) is 11.4 Å². The molecule has 0 unspecified atom stereocenters. The number of hydrogen-bond donors (Lipinski definition) is 2. The first-order valence-corrected chi connectivity index (χ1v) is 6.41. The van der Waals surface area contributed by atoms with Crippen LogP contribution in [0.2, 0.25) is 0 Å². The van der Waals surface area contributed by atoms with E-state index in [1.807, 2.05) is 27.7 Å². The van der Waals surface area contributed by atoms with E-state index in [1.165, 1.54) is 0 Å². The van der Waals surface area contributed by atoms with E-state index in [2.05, 4.69) is 20.6 Å². The van der Waals surface area contributed by atoms with Crippen LogP contribution in [0.25, 0.3) is 0 Å². The van der Waals surface area contributed by atoms with Crippen LogP contribution in [0.15, 0.2) is 12.3 Å². The number of carbonyl (C=O) groups is 1. The van der Waals surface area contributed by atoms with Crippen LogP contribution in [0.5, 0.6) is 5.88 Å². The van der Waals surface area contributed by atoms with Crippen molar-refractivity contribution < 1.29 is 9.53 Å². The van der Waals surface area contributed by atoms with Crippen molar-refractivity contribution >= 4 is 11.9 Å². The van der Waals surface area contributed by atoms with Crippen LogP contribution in [-0.4, -0.2) is 34.6 Å². The van der Waals surface area contributed by atoms with E-state index >= 15 is 0 Å². The summed E-state index contributed by atoms with van der Waals surface area (Å²) in [5, 5.41) is 5.89. The lowest BCUT2D eigenvalue weighted by atomic mass is 10.1. The van der Waals surface area contributed by atoms with Gasteiger partial charge >= 0.3 is 0 Å². The van der Waals surface area contributed by atoms with Crippen molar-refractivity contribution in [1.82, 2.24) is 15.3 Å². The number of aromatic nitrogens is 2. The van der Waals surface area contributed by atoms with Gasteiger partial charge in [0, 0.05) is 30.8 Å². The van der Waals surface area contributed by atoms with Gasteiger partial charge in [0.2, 0.25) is 17.7 Å². The second kappa shape index (κ2) is 6.92. The number of ether oxygens (including phenoxy) is 1. The molecule has 0 aliphatic rings. The molecule has 2 N–H and O–H groups in total. The van der Waals surface area contributed by atoms with Gasteiger partial charge in [0.25, 0.3) is 0 Å². The lowest BCUT2D eigenvalue weighted by Crippen LogP contribution is -2.41. The van der Waals surface area contributed by atoms with Crippen molar-refractivity contribution in [3.63, 3.8) is 0 Å². The fourth-order valence-corrected chi connectivity index (χ4v) is 1.42. The molecule has 0 saturated heterocycles. The lowest BCUT2D eigenvalue weighted by molar-refractivity contribution is -0.122. The van der Waals surface area contributed by atoms with E-state index < -0.39 is 0 Å². The highest BCUT2D eigenvalue weighted by atomic mass is 16.5. The molecular formula is C13H22N4O2. The SMILES string of the molecule is CCOc1ccnc(NCCC(=O)NC(C)(C)C)n1. The zero-order valence-electron chi connectivity index (χ0n) is 12.0. The zero-order chi connectivity index (χ0) is 14.3. The van der Waals surface area contributed by atoms with Gasteiger partial charge in [-0.05, 0) is 27.7 Å². The number of nitrogens with zero attached hydrogens (tertiary/aromatic N) is 2. The van der Waals surface area contributed by atoms with Crippen LogP contribution in [0.4, 0.5) is 5.95 Å². The molecule has 6 nitrogen and oxygen atoms in total. The van der Waals surface area contributed by atoms with Crippen molar-refractivity contribution in [2.24, 2.45) is 0 Å². The Labute approximate surface area is 114 Å². The van der Waals surface area contributed by atoms with Crippen LogP contribution in [0.1, 0.15) is 34.1 Å². The number of amides is 1. The average Bonchev–Trinajstić information content (AvgIpc) is 2.27. The highest BCUT2D eigenvalue weighted by molar-refractivity contribution is 5.77. The van der Waals surface area contributed by atoms with Crippen LogP contribution in [0.3, 0.4) is 0 Å².